The molecule has 1 aromatic heterocycles. The molecule has 4 heteroatoms. The zero-order valence-electron chi connectivity index (χ0n) is 11.3. The summed E-state index contributed by atoms with van der Waals surface area (Å²) in [5.41, 5.74) is 2.27. The Kier molecular flexibility index (Phi) is 3.53. The Balaban J connectivity index is 1.90. The zero-order chi connectivity index (χ0) is 13.2. The van der Waals surface area contributed by atoms with E-state index >= 15 is 0 Å². The molecule has 1 N–H and O–H groups in total. The second-order valence-corrected chi connectivity index (χ2v) is 6.07. The summed E-state index contributed by atoms with van der Waals surface area (Å²) >= 11 is 1.81. The van der Waals surface area contributed by atoms with E-state index in [0.717, 1.165) is 18.0 Å². The molecule has 1 unspecified atom stereocenters. The molecule has 1 aliphatic rings. The van der Waals surface area contributed by atoms with Gasteiger partial charge in [-0.3, -0.25) is 0 Å². The molecule has 2 aromatic rings. The van der Waals surface area contributed by atoms with Crippen LogP contribution in [0.2, 0.25) is 0 Å². The number of methoxy groups -OCH3 is 1. The molecule has 1 aliphatic heterocycles. The molecule has 3 nitrogen and oxygen atoms in total. The lowest BCUT2D eigenvalue weighted by molar-refractivity contribution is 0.415. The minimum atomic E-state index is 0.454. The Hall–Kier alpha value is -1.39. The minimum Gasteiger partial charge on any atom is -0.497 e. The Morgan fingerprint density at radius 1 is 1.32 bits per heavy atom. The van der Waals surface area contributed by atoms with Gasteiger partial charge in [-0.2, -0.15) is 0 Å². The number of benzene rings is 1. The van der Waals surface area contributed by atoms with E-state index in [2.05, 4.69) is 24.4 Å². The van der Waals surface area contributed by atoms with Crippen molar-refractivity contribution in [3.8, 4) is 17.0 Å². The first-order valence-electron chi connectivity index (χ1n) is 6.63. The largest absolute Gasteiger partial charge is 0.497 e. The second-order valence-electron chi connectivity index (χ2n) is 4.83. The lowest BCUT2D eigenvalue weighted by atomic mass is 10.1. The van der Waals surface area contributed by atoms with Crippen LogP contribution in [0.1, 0.15) is 28.8 Å². The maximum atomic E-state index is 5.19. The number of ether oxygens (including phenoxy) is 1. The van der Waals surface area contributed by atoms with Crippen molar-refractivity contribution in [3.63, 3.8) is 0 Å². The highest BCUT2D eigenvalue weighted by Gasteiger charge is 2.21. The zero-order valence-corrected chi connectivity index (χ0v) is 12.1. The molecule has 3 rings (SSSR count). The summed E-state index contributed by atoms with van der Waals surface area (Å²) in [5.74, 6) is 0.884. The third-order valence-electron chi connectivity index (χ3n) is 3.54. The topological polar surface area (TPSA) is 34.1 Å². The highest BCUT2D eigenvalue weighted by atomic mass is 32.1. The van der Waals surface area contributed by atoms with E-state index in [4.69, 9.17) is 9.72 Å². The third kappa shape index (κ3) is 2.51. The van der Waals surface area contributed by atoms with E-state index in [9.17, 15) is 0 Å². The van der Waals surface area contributed by atoms with Crippen LogP contribution in [0.15, 0.2) is 24.3 Å². The van der Waals surface area contributed by atoms with Crippen LogP contribution in [0.4, 0.5) is 0 Å². The fraction of sp³-hybridized carbons (Fsp3) is 0.400. The first kappa shape index (κ1) is 12.6. The predicted molar refractivity (Wildman–Crippen MR) is 78.8 cm³/mol. The minimum absolute atomic E-state index is 0.454. The van der Waals surface area contributed by atoms with Crippen LogP contribution in [0.5, 0.6) is 5.75 Å². The number of nitrogens with one attached hydrogen (secondary N) is 1. The van der Waals surface area contributed by atoms with Crippen LogP contribution >= 0.6 is 11.3 Å². The van der Waals surface area contributed by atoms with Gasteiger partial charge in [0.2, 0.25) is 0 Å². The van der Waals surface area contributed by atoms with Gasteiger partial charge in [0.1, 0.15) is 10.8 Å². The molecule has 0 bridgehead atoms. The number of aromatic nitrogens is 1. The second kappa shape index (κ2) is 5.31. The van der Waals surface area contributed by atoms with Crippen LogP contribution in [-0.2, 0) is 0 Å². The van der Waals surface area contributed by atoms with E-state index in [1.54, 1.807) is 7.11 Å². The molecule has 2 heterocycles. The van der Waals surface area contributed by atoms with E-state index in [1.165, 1.54) is 28.3 Å². The van der Waals surface area contributed by atoms with Gasteiger partial charge in [0.05, 0.1) is 18.8 Å². The van der Waals surface area contributed by atoms with Crippen molar-refractivity contribution in [2.24, 2.45) is 0 Å². The number of aryl methyl sites for hydroxylation is 1. The third-order valence-corrected chi connectivity index (χ3v) is 4.62. The van der Waals surface area contributed by atoms with Crippen LogP contribution in [0, 0.1) is 6.92 Å². The maximum absolute atomic E-state index is 5.19. The summed E-state index contributed by atoms with van der Waals surface area (Å²) in [6, 6.07) is 8.58. The van der Waals surface area contributed by atoms with Crippen molar-refractivity contribution in [2.45, 2.75) is 25.8 Å². The molecular formula is C15H18N2OS. The van der Waals surface area contributed by atoms with E-state index in [0.29, 0.717) is 6.04 Å². The van der Waals surface area contributed by atoms with Crippen molar-refractivity contribution in [3.05, 3.63) is 34.2 Å². The van der Waals surface area contributed by atoms with Gasteiger partial charge in [0.25, 0.3) is 0 Å². The fourth-order valence-electron chi connectivity index (χ4n) is 2.48. The van der Waals surface area contributed by atoms with Gasteiger partial charge in [-0.25, -0.2) is 4.98 Å². The summed E-state index contributed by atoms with van der Waals surface area (Å²) < 4.78 is 5.19. The summed E-state index contributed by atoms with van der Waals surface area (Å²) in [5, 5.41) is 4.73. The monoisotopic (exact) mass is 274 g/mol. The molecular weight excluding hydrogens is 256 g/mol. The van der Waals surface area contributed by atoms with E-state index < -0.39 is 0 Å². The first-order chi connectivity index (χ1) is 9.28. The Bertz CT molecular complexity index is 556. The van der Waals surface area contributed by atoms with Gasteiger partial charge in [-0.1, -0.05) is 0 Å². The lowest BCUT2D eigenvalue weighted by Gasteiger charge is -2.04. The summed E-state index contributed by atoms with van der Waals surface area (Å²) in [7, 11) is 1.69. The molecule has 19 heavy (non-hydrogen) atoms. The van der Waals surface area contributed by atoms with Gasteiger partial charge < -0.3 is 10.1 Å². The smallest absolute Gasteiger partial charge is 0.118 e. The molecule has 1 fully saturated rings. The SMILES string of the molecule is COc1ccc(-c2nc(C3CCCN3)sc2C)cc1. The van der Waals surface area contributed by atoms with Crippen molar-refractivity contribution < 1.29 is 4.74 Å². The molecule has 100 valence electrons. The molecule has 0 aliphatic carbocycles. The molecule has 1 atom stereocenters. The quantitative estimate of drug-likeness (QED) is 0.929. The Morgan fingerprint density at radius 2 is 2.11 bits per heavy atom. The van der Waals surface area contributed by atoms with Crippen LogP contribution in [-0.4, -0.2) is 18.6 Å². The number of nitrogens with zero attached hydrogens (tertiary/aromatic N) is 1. The maximum Gasteiger partial charge on any atom is 0.118 e. The number of hydrogen-bond donors (Lipinski definition) is 1. The van der Waals surface area contributed by atoms with Crippen LogP contribution in [0.3, 0.4) is 0 Å². The fourth-order valence-corrected chi connectivity index (χ4v) is 3.53. The van der Waals surface area contributed by atoms with Crippen molar-refractivity contribution in [2.75, 3.05) is 13.7 Å². The summed E-state index contributed by atoms with van der Waals surface area (Å²) in [6.45, 7) is 3.26. The van der Waals surface area contributed by atoms with Crippen molar-refractivity contribution >= 4 is 11.3 Å². The average Bonchev–Trinajstić information content (AvgIpc) is 3.08. The summed E-state index contributed by atoms with van der Waals surface area (Å²) in [4.78, 5) is 6.12. The van der Waals surface area contributed by atoms with Crippen molar-refractivity contribution in [1.82, 2.24) is 10.3 Å². The highest BCUT2D eigenvalue weighted by Crippen LogP contribution is 2.33. The summed E-state index contributed by atoms with van der Waals surface area (Å²) in [6.07, 6.45) is 2.45. The number of thiazole rings is 1. The lowest BCUT2D eigenvalue weighted by Crippen LogP contribution is -2.12. The normalized spacial score (nSPS) is 18.7. The molecule has 1 aromatic carbocycles. The first-order valence-corrected chi connectivity index (χ1v) is 7.44. The molecule has 0 spiro atoms. The van der Waals surface area contributed by atoms with Crippen molar-refractivity contribution in [1.29, 1.82) is 0 Å². The molecule has 0 radical (unpaired) electrons. The Labute approximate surface area is 117 Å². The van der Waals surface area contributed by atoms with Gasteiger partial charge in [-0.15, -0.1) is 11.3 Å². The predicted octanol–water partition coefficient (Wildman–Crippen LogP) is 3.55. The van der Waals surface area contributed by atoms with Gasteiger partial charge in [0, 0.05) is 10.4 Å². The van der Waals surface area contributed by atoms with E-state index in [-0.39, 0.29) is 0 Å². The molecule has 0 amide bonds. The van der Waals surface area contributed by atoms with Crippen LogP contribution < -0.4 is 10.1 Å². The van der Waals surface area contributed by atoms with E-state index in [1.807, 2.05) is 23.5 Å². The van der Waals surface area contributed by atoms with Gasteiger partial charge in [-0.05, 0) is 50.6 Å². The highest BCUT2D eigenvalue weighted by molar-refractivity contribution is 7.12. The average molecular weight is 274 g/mol. The van der Waals surface area contributed by atoms with Crippen LogP contribution in [0.25, 0.3) is 11.3 Å². The number of rotatable bonds is 3. The number of hydrogen-bond acceptors (Lipinski definition) is 4. The van der Waals surface area contributed by atoms with Gasteiger partial charge >= 0.3 is 0 Å². The Morgan fingerprint density at radius 3 is 2.74 bits per heavy atom. The molecule has 1 saturated heterocycles. The standard InChI is InChI=1S/C15H18N2OS/c1-10-14(11-5-7-12(18-2)8-6-11)17-15(19-10)13-4-3-9-16-13/h5-8,13,16H,3-4,9H2,1-2H3. The van der Waals surface area contributed by atoms with Gasteiger partial charge in [0.15, 0.2) is 0 Å². The molecule has 0 saturated carbocycles.